The number of carbonyl (C=O) groups is 1. The second-order valence-electron chi connectivity index (χ2n) is 4.98. The molecule has 7 heteroatoms. The summed E-state index contributed by atoms with van der Waals surface area (Å²) in [4.78, 5) is 17.9. The number of sulfone groups is 1. The average Bonchev–Trinajstić information content (AvgIpc) is 2.74. The molecule has 1 heterocycles. The fourth-order valence-electron chi connectivity index (χ4n) is 2.15. The summed E-state index contributed by atoms with van der Waals surface area (Å²) in [6.07, 6.45) is 1.17. The molecule has 0 atom stereocenters. The minimum Gasteiger partial charge on any atom is -0.321 e. The zero-order valence-corrected chi connectivity index (χ0v) is 14.6. The number of hydrogen-bond donors (Lipinski definition) is 0. The largest absolute Gasteiger partial charge is 0.321 e. The fraction of sp³-hybridized carbons (Fsp3) is 0.333. The Bertz CT molecular complexity index is 873. The molecule has 0 N–H and O–H groups in total. The van der Waals surface area contributed by atoms with Gasteiger partial charge in [0.1, 0.15) is 0 Å². The molecule has 1 aromatic heterocycles. The molecule has 0 aliphatic rings. The van der Waals surface area contributed by atoms with Crippen molar-refractivity contribution in [2.45, 2.75) is 32.2 Å². The van der Waals surface area contributed by atoms with Crippen LogP contribution in [0.15, 0.2) is 34.2 Å². The number of rotatable bonds is 4. The van der Waals surface area contributed by atoms with E-state index in [1.807, 2.05) is 18.4 Å². The van der Waals surface area contributed by atoms with Crippen molar-refractivity contribution in [3.8, 4) is 0 Å². The highest BCUT2D eigenvalue weighted by molar-refractivity contribution is 7.90. The number of carbonyl (C=O) groups excluding carboxylic acids is 1. The topological polar surface area (TPSA) is 68.5 Å². The highest BCUT2D eigenvalue weighted by Gasteiger charge is 2.12. The highest BCUT2D eigenvalue weighted by Crippen LogP contribution is 2.18. The van der Waals surface area contributed by atoms with Gasteiger partial charge in [-0.15, -0.1) is 0 Å². The normalized spacial score (nSPS) is 12.6. The lowest BCUT2D eigenvalue weighted by atomic mass is 10.3. The van der Waals surface area contributed by atoms with Gasteiger partial charge in [-0.1, -0.05) is 11.3 Å². The molecular formula is C15H18N2O3S2. The Balaban J connectivity index is 2.54. The molecule has 22 heavy (non-hydrogen) atoms. The number of aromatic nitrogens is 1. The first kappa shape index (κ1) is 16.6. The Hall–Kier alpha value is -1.73. The predicted molar refractivity (Wildman–Crippen MR) is 87.5 cm³/mol. The van der Waals surface area contributed by atoms with Gasteiger partial charge in [-0.3, -0.25) is 4.79 Å². The Kier molecular flexibility index (Phi) is 4.67. The Morgan fingerprint density at radius 3 is 2.32 bits per heavy atom. The third-order valence-corrected chi connectivity index (χ3v) is 5.69. The van der Waals surface area contributed by atoms with Crippen LogP contribution in [-0.4, -0.2) is 25.0 Å². The van der Waals surface area contributed by atoms with Gasteiger partial charge in [-0.25, -0.2) is 13.4 Å². The second kappa shape index (κ2) is 6.18. The number of thiazole rings is 1. The summed E-state index contributed by atoms with van der Waals surface area (Å²) in [6, 6.07) is 6.41. The highest BCUT2D eigenvalue weighted by atomic mass is 32.2. The number of benzene rings is 1. The van der Waals surface area contributed by atoms with Crippen LogP contribution in [0.5, 0.6) is 0 Å². The molecule has 0 aliphatic heterocycles. The van der Waals surface area contributed by atoms with E-state index in [-0.39, 0.29) is 10.7 Å². The van der Waals surface area contributed by atoms with Crippen LogP contribution in [0.25, 0.3) is 0 Å². The molecule has 0 amide bonds. The van der Waals surface area contributed by atoms with Crippen LogP contribution in [-0.2, 0) is 16.4 Å². The van der Waals surface area contributed by atoms with Crippen LogP contribution in [0, 0.1) is 6.92 Å². The van der Waals surface area contributed by atoms with Gasteiger partial charge in [0.15, 0.2) is 20.4 Å². The molecule has 0 unspecified atom stereocenters. The Labute approximate surface area is 133 Å². The SMILES string of the molecule is CCn1c(C)c(C(C)=O)sc1=Nc1ccc(S(C)(=O)=O)cc1. The van der Waals surface area contributed by atoms with Gasteiger partial charge in [0, 0.05) is 25.4 Å². The predicted octanol–water partition coefficient (Wildman–Crippen LogP) is 2.72. The fourth-order valence-corrected chi connectivity index (χ4v) is 3.89. The summed E-state index contributed by atoms with van der Waals surface area (Å²) < 4.78 is 24.9. The van der Waals surface area contributed by atoms with Crippen molar-refractivity contribution in [2.24, 2.45) is 4.99 Å². The van der Waals surface area contributed by atoms with E-state index in [4.69, 9.17) is 0 Å². The smallest absolute Gasteiger partial charge is 0.190 e. The molecule has 0 bridgehead atoms. The zero-order valence-electron chi connectivity index (χ0n) is 13.0. The summed E-state index contributed by atoms with van der Waals surface area (Å²) in [5.74, 6) is 0.0265. The maximum atomic E-state index is 11.6. The van der Waals surface area contributed by atoms with E-state index in [1.54, 1.807) is 19.1 Å². The lowest BCUT2D eigenvalue weighted by Gasteiger charge is -2.02. The molecular weight excluding hydrogens is 320 g/mol. The lowest BCUT2D eigenvalue weighted by Crippen LogP contribution is -2.14. The van der Waals surface area contributed by atoms with Crippen molar-refractivity contribution >= 4 is 32.6 Å². The van der Waals surface area contributed by atoms with Crippen molar-refractivity contribution in [1.82, 2.24) is 4.57 Å². The van der Waals surface area contributed by atoms with Crippen molar-refractivity contribution in [1.29, 1.82) is 0 Å². The Morgan fingerprint density at radius 1 is 1.27 bits per heavy atom. The third kappa shape index (κ3) is 3.36. The van der Waals surface area contributed by atoms with Crippen LogP contribution in [0.2, 0.25) is 0 Å². The molecule has 2 aromatic rings. The van der Waals surface area contributed by atoms with Crippen molar-refractivity contribution < 1.29 is 13.2 Å². The third-order valence-electron chi connectivity index (χ3n) is 3.28. The van der Waals surface area contributed by atoms with E-state index >= 15 is 0 Å². The number of nitrogens with zero attached hydrogens (tertiary/aromatic N) is 2. The minimum atomic E-state index is -3.21. The minimum absolute atomic E-state index is 0.0265. The molecule has 0 saturated carbocycles. The number of hydrogen-bond acceptors (Lipinski definition) is 5. The van der Waals surface area contributed by atoms with Gasteiger partial charge in [0.25, 0.3) is 0 Å². The summed E-state index contributed by atoms with van der Waals surface area (Å²) in [6.45, 7) is 6.16. The van der Waals surface area contributed by atoms with Crippen molar-refractivity contribution in [2.75, 3.05) is 6.26 Å². The van der Waals surface area contributed by atoms with Crippen LogP contribution >= 0.6 is 11.3 Å². The van der Waals surface area contributed by atoms with E-state index in [1.165, 1.54) is 29.7 Å². The quantitative estimate of drug-likeness (QED) is 0.805. The molecule has 5 nitrogen and oxygen atoms in total. The van der Waals surface area contributed by atoms with Crippen LogP contribution in [0.4, 0.5) is 5.69 Å². The summed E-state index contributed by atoms with van der Waals surface area (Å²) in [7, 11) is -3.21. The first-order valence-electron chi connectivity index (χ1n) is 6.80. The molecule has 0 saturated heterocycles. The molecule has 2 rings (SSSR count). The van der Waals surface area contributed by atoms with Gasteiger partial charge >= 0.3 is 0 Å². The second-order valence-corrected chi connectivity index (χ2v) is 7.97. The maximum absolute atomic E-state index is 11.6. The molecule has 1 aromatic carbocycles. The van der Waals surface area contributed by atoms with Gasteiger partial charge in [-0.2, -0.15) is 0 Å². The van der Waals surface area contributed by atoms with Gasteiger partial charge in [0.2, 0.25) is 0 Å². The van der Waals surface area contributed by atoms with Crippen molar-refractivity contribution in [3.63, 3.8) is 0 Å². The molecule has 118 valence electrons. The van der Waals surface area contributed by atoms with Gasteiger partial charge in [0.05, 0.1) is 15.5 Å². The molecule has 0 radical (unpaired) electrons. The molecule has 0 fully saturated rings. The molecule has 0 aliphatic carbocycles. The summed E-state index contributed by atoms with van der Waals surface area (Å²) in [5, 5.41) is 0. The van der Waals surface area contributed by atoms with Crippen LogP contribution < -0.4 is 4.80 Å². The van der Waals surface area contributed by atoms with E-state index in [9.17, 15) is 13.2 Å². The van der Waals surface area contributed by atoms with E-state index in [2.05, 4.69) is 4.99 Å². The standard InChI is InChI=1S/C15H18N2O3S2/c1-5-17-10(2)14(11(3)18)21-15(17)16-12-6-8-13(9-7-12)22(4,19)20/h6-9H,5H2,1-4H3. The monoisotopic (exact) mass is 338 g/mol. The average molecular weight is 338 g/mol. The molecule has 0 spiro atoms. The van der Waals surface area contributed by atoms with Gasteiger partial charge in [-0.05, 0) is 38.1 Å². The number of Topliss-reactive ketones (excluding diaryl/α,β-unsaturated/α-hetero) is 1. The van der Waals surface area contributed by atoms with E-state index in [0.29, 0.717) is 10.6 Å². The zero-order chi connectivity index (χ0) is 16.5. The summed E-state index contributed by atoms with van der Waals surface area (Å²) in [5.41, 5.74) is 1.57. The van der Waals surface area contributed by atoms with Gasteiger partial charge < -0.3 is 4.57 Å². The lowest BCUT2D eigenvalue weighted by molar-refractivity contribution is 0.102. The maximum Gasteiger partial charge on any atom is 0.190 e. The van der Waals surface area contributed by atoms with Crippen LogP contribution in [0.3, 0.4) is 0 Å². The first-order valence-corrected chi connectivity index (χ1v) is 9.51. The van der Waals surface area contributed by atoms with Crippen LogP contribution in [0.1, 0.15) is 29.2 Å². The van der Waals surface area contributed by atoms with E-state index in [0.717, 1.165) is 17.0 Å². The Morgan fingerprint density at radius 2 is 1.86 bits per heavy atom. The van der Waals surface area contributed by atoms with E-state index < -0.39 is 9.84 Å². The summed E-state index contributed by atoms with van der Waals surface area (Å²) >= 11 is 1.35. The first-order chi connectivity index (χ1) is 10.2. The van der Waals surface area contributed by atoms with Crippen molar-refractivity contribution in [3.05, 3.63) is 39.6 Å². The number of ketones is 1.